The molecule has 1 atom stereocenters. The van der Waals surface area contributed by atoms with Crippen LogP contribution in [0.5, 0.6) is 5.75 Å². The Kier molecular flexibility index (Phi) is 5.96. The van der Waals surface area contributed by atoms with E-state index in [1.807, 2.05) is 43.5 Å². The Morgan fingerprint density at radius 3 is 2.88 bits per heavy atom. The molecule has 136 valence electrons. The second kappa shape index (κ2) is 8.38. The smallest absolute Gasteiger partial charge is 0.255 e. The number of hydrogen-bond acceptors (Lipinski definition) is 3. The van der Waals surface area contributed by atoms with Crippen molar-refractivity contribution >= 4 is 32.7 Å². The van der Waals surface area contributed by atoms with Crippen molar-refractivity contribution in [1.29, 1.82) is 0 Å². The molecule has 0 saturated heterocycles. The number of rotatable bonds is 7. The lowest BCUT2D eigenvalue weighted by molar-refractivity contribution is 0.0912. The number of H-pyrrole nitrogens is 1. The van der Waals surface area contributed by atoms with Gasteiger partial charge < -0.3 is 20.1 Å². The lowest BCUT2D eigenvalue weighted by Gasteiger charge is -2.17. The number of carbonyl (C=O) groups excluding carboxylic acids is 1. The van der Waals surface area contributed by atoms with E-state index in [1.54, 1.807) is 12.1 Å². The minimum absolute atomic E-state index is 0.150. The first-order valence-electron chi connectivity index (χ1n) is 8.51. The molecular formula is C20H21BrN2O3. The summed E-state index contributed by atoms with van der Waals surface area (Å²) in [7, 11) is 0. The molecule has 1 heterocycles. The van der Waals surface area contributed by atoms with Crippen molar-refractivity contribution in [1.82, 2.24) is 10.3 Å². The third-order valence-corrected chi connectivity index (χ3v) is 4.68. The van der Waals surface area contributed by atoms with Gasteiger partial charge in [0, 0.05) is 21.6 Å². The Balaban J connectivity index is 1.78. The standard InChI is InChI=1S/C20H21BrN2O3/c1-2-26-19-8-7-14(21)10-17(19)20(25)23-15(12-24)9-13-11-22-18-6-4-3-5-16(13)18/h3-8,10-11,15,22,24H,2,9,12H2,1H3,(H,23,25)/t15-/m1/s1. The monoisotopic (exact) mass is 416 g/mol. The largest absolute Gasteiger partial charge is 0.493 e. The van der Waals surface area contributed by atoms with E-state index in [4.69, 9.17) is 4.74 Å². The highest BCUT2D eigenvalue weighted by Crippen LogP contribution is 2.24. The lowest BCUT2D eigenvalue weighted by atomic mass is 10.0. The van der Waals surface area contributed by atoms with E-state index >= 15 is 0 Å². The van der Waals surface area contributed by atoms with Crippen LogP contribution in [0.3, 0.4) is 0 Å². The predicted octanol–water partition coefficient (Wildman–Crippen LogP) is 3.66. The first kappa shape index (κ1) is 18.5. The number of amides is 1. The lowest BCUT2D eigenvalue weighted by Crippen LogP contribution is -2.39. The second-order valence-electron chi connectivity index (χ2n) is 5.99. The van der Waals surface area contributed by atoms with Crippen LogP contribution in [-0.4, -0.2) is 35.3 Å². The van der Waals surface area contributed by atoms with Gasteiger partial charge in [0.15, 0.2) is 0 Å². The minimum Gasteiger partial charge on any atom is -0.493 e. The van der Waals surface area contributed by atoms with Crippen LogP contribution < -0.4 is 10.1 Å². The summed E-state index contributed by atoms with van der Waals surface area (Å²) >= 11 is 3.39. The van der Waals surface area contributed by atoms with Gasteiger partial charge in [-0.05, 0) is 43.2 Å². The second-order valence-corrected chi connectivity index (χ2v) is 6.91. The molecule has 5 nitrogen and oxygen atoms in total. The van der Waals surface area contributed by atoms with E-state index in [2.05, 4.69) is 26.2 Å². The van der Waals surface area contributed by atoms with Crippen molar-refractivity contribution in [3.05, 3.63) is 64.3 Å². The summed E-state index contributed by atoms with van der Waals surface area (Å²) in [6.45, 7) is 2.20. The molecule has 2 aromatic carbocycles. The number of ether oxygens (including phenoxy) is 1. The zero-order valence-electron chi connectivity index (χ0n) is 14.5. The van der Waals surface area contributed by atoms with Crippen molar-refractivity contribution in [3.63, 3.8) is 0 Å². The highest BCUT2D eigenvalue weighted by atomic mass is 79.9. The summed E-state index contributed by atoms with van der Waals surface area (Å²) in [5, 5.41) is 13.8. The van der Waals surface area contributed by atoms with Gasteiger partial charge in [-0.3, -0.25) is 4.79 Å². The molecule has 3 N–H and O–H groups in total. The van der Waals surface area contributed by atoms with Crippen LogP contribution >= 0.6 is 15.9 Å². The molecule has 3 aromatic rings. The van der Waals surface area contributed by atoms with Gasteiger partial charge in [-0.1, -0.05) is 34.1 Å². The number of para-hydroxylation sites is 1. The van der Waals surface area contributed by atoms with Crippen molar-refractivity contribution in [2.45, 2.75) is 19.4 Å². The van der Waals surface area contributed by atoms with E-state index in [0.29, 0.717) is 24.3 Å². The van der Waals surface area contributed by atoms with E-state index in [0.717, 1.165) is 20.9 Å². The normalized spacial score (nSPS) is 12.1. The summed E-state index contributed by atoms with van der Waals surface area (Å²) < 4.78 is 6.34. The molecule has 0 saturated carbocycles. The van der Waals surface area contributed by atoms with Gasteiger partial charge >= 0.3 is 0 Å². The molecule has 0 bridgehead atoms. The molecule has 0 aliphatic heterocycles. The summed E-state index contributed by atoms with van der Waals surface area (Å²) in [6, 6.07) is 12.9. The van der Waals surface area contributed by atoms with Gasteiger partial charge in [-0.15, -0.1) is 0 Å². The minimum atomic E-state index is -0.393. The Hall–Kier alpha value is -2.31. The summed E-state index contributed by atoms with van der Waals surface area (Å²) in [4.78, 5) is 15.9. The molecule has 3 rings (SSSR count). The molecule has 6 heteroatoms. The molecule has 26 heavy (non-hydrogen) atoms. The first-order chi connectivity index (χ1) is 12.6. The molecule has 1 aromatic heterocycles. The average Bonchev–Trinajstić information content (AvgIpc) is 3.05. The van der Waals surface area contributed by atoms with Gasteiger partial charge in [-0.2, -0.15) is 0 Å². The van der Waals surface area contributed by atoms with Crippen LogP contribution in [0.1, 0.15) is 22.8 Å². The van der Waals surface area contributed by atoms with Crippen molar-refractivity contribution in [2.75, 3.05) is 13.2 Å². The van der Waals surface area contributed by atoms with Gasteiger partial charge in [0.2, 0.25) is 0 Å². The zero-order valence-corrected chi connectivity index (χ0v) is 16.0. The number of aromatic nitrogens is 1. The van der Waals surface area contributed by atoms with Crippen molar-refractivity contribution in [3.8, 4) is 5.75 Å². The van der Waals surface area contributed by atoms with Gasteiger partial charge in [0.1, 0.15) is 5.75 Å². The fraction of sp³-hybridized carbons (Fsp3) is 0.250. The summed E-state index contributed by atoms with van der Waals surface area (Å²) in [5.74, 6) is 0.255. The topological polar surface area (TPSA) is 74.3 Å². The molecule has 0 unspecified atom stereocenters. The Morgan fingerprint density at radius 1 is 1.31 bits per heavy atom. The zero-order chi connectivity index (χ0) is 18.5. The number of fused-ring (bicyclic) bond motifs is 1. The summed E-state index contributed by atoms with van der Waals surface area (Å²) in [6.07, 6.45) is 2.45. The Bertz CT molecular complexity index is 907. The van der Waals surface area contributed by atoms with Crippen LogP contribution in [0.2, 0.25) is 0 Å². The van der Waals surface area contributed by atoms with Crippen LogP contribution in [-0.2, 0) is 6.42 Å². The molecule has 0 aliphatic rings. The fourth-order valence-corrected chi connectivity index (χ4v) is 3.31. The molecule has 0 spiro atoms. The van der Waals surface area contributed by atoms with E-state index in [-0.39, 0.29) is 12.5 Å². The first-order valence-corrected chi connectivity index (χ1v) is 9.30. The Labute approximate surface area is 160 Å². The number of aliphatic hydroxyl groups is 1. The number of nitrogens with one attached hydrogen (secondary N) is 2. The number of carbonyl (C=O) groups is 1. The highest BCUT2D eigenvalue weighted by molar-refractivity contribution is 9.10. The van der Waals surface area contributed by atoms with Crippen LogP contribution in [0.15, 0.2) is 53.1 Å². The fourth-order valence-electron chi connectivity index (χ4n) is 2.95. The molecule has 0 fully saturated rings. The van der Waals surface area contributed by atoms with E-state index < -0.39 is 6.04 Å². The van der Waals surface area contributed by atoms with E-state index in [1.165, 1.54) is 0 Å². The molecule has 0 aliphatic carbocycles. The number of aliphatic hydroxyl groups excluding tert-OH is 1. The number of halogens is 1. The van der Waals surface area contributed by atoms with Crippen molar-refractivity contribution < 1.29 is 14.6 Å². The highest BCUT2D eigenvalue weighted by Gasteiger charge is 2.19. The van der Waals surface area contributed by atoms with Gasteiger partial charge in [0.25, 0.3) is 5.91 Å². The van der Waals surface area contributed by atoms with Crippen LogP contribution in [0, 0.1) is 0 Å². The predicted molar refractivity (Wildman–Crippen MR) is 106 cm³/mol. The van der Waals surface area contributed by atoms with Crippen LogP contribution in [0.25, 0.3) is 10.9 Å². The Morgan fingerprint density at radius 2 is 2.12 bits per heavy atom. The maximum atomic E-state index is 12.7. The third kappa shape index (κ3) is 4.08. The maximum absolute atomic E-state index is 12.7. The average molecular weight is 417 g/mol. The number of benzene rings is 2. The molecule has 0 radical (unpaired) electrons. The van der Waals surface area contributed by atoms with Gasteiger partial charge in [-0.25, -0.2) is 0 Å². The van der Waals surface area contributed by atoms with E-state index in [9.17, 15) is 9.90 Å². The number of hydrogen-bond donors (Lipinski definition) is 3. The number of aromatic amines is 1. The maximum Gasteiger partial charge on any atom is 0.255 e. The molecular weight excluding hydrogens is 396 g/mol. The van der Waals surface area contributed by atoms with Gasteiger partial charge in [0.05, 0.1) is 24.8 Å². The van der Waals surface area contributed by atoms with Crippen LogP contribution in [0.4, 0.5) is 0 Å². The quantitative estimate of drug-likeness (QED) is 0.549. The molecule has 1 amide bonds. The SMILES string of the molecule is CCOc1ccc(Br)cc1C(=O)N[C@@H](CO)Cc1c[nH]c2ccccc12. The summed E-state index contributed by atoms with van der Waals surface area (Å²) in [5.41, 5.74) is 2.54. The van der Waals surface area contributed by atoms with Crippen molar-refractivity contribution in [2.24, 2.45) is 0 Å². The third-order valence-electron chi connectivity index (χ3n) is 4.18.